The number of carbonyl (C=O) groups excluding carboxylic acids is 1. The number of nitrogens with two attached hydrogens (primary N) is 1. The molecule has 0 aliphatic rings. The molecule has 0 aromatic carbocycles. The lowest BCUT2D eigenvalue weighted by molar-refractivity contribution is -0.122. The summed E-state index contributed by atoms with van der Waals surface area (Å²) < 4.78 is 4.95. The lowest BCUT2D eigenvalue weighted by Crippen LogP contribution is -2.39. The quantitative estimate of drug-likeness (QED) is 0.818. The van der Waals surface area contributed by atoms with Crippen LogP contribution in [0.25, 0.3) is 0 Å². The maximum Gasteiger partial charge on any atom is 0.237 e. The van der Waals surface area contributed by atoms with Gasteiger partial charge in [-0.15, -0.1) is 12.4 Å². The zero-order valence-electron chi connectivity index (χ0n) is 9.53. The second-order valence-electron chi connectivity index (χ2n) is 3.55. The second kappa shape index (κ2) is 7.24. The van der Waals surface area contributed by atoms with Crippen LogP contribution in [0.15, 0.2) is 10.6 Å². The van der Waals surface area contributed by atoms with Crippen LogP contribution < -0.4 is 11.1 Å². The average Bonchev–Trinajstić information content (AvgIpc) is 2.61. The molecular weight excluding hydrogens is 230 g/mol. The van der Waals surface area contributed by atoms with E-state index in [0.717, 1.165) is 12.1 Å². The van der Waals surface area contributed by atoms with Gasteiger partial charge in [0.15, 0.2) is 5.76 Å². The van der Waals surface area contributed by atoms with Crippen molar-refractivity contribution in [3.63, 3.8) is 0 Å². The number of halogens is 1. The Balaban J connectivity index is 0.00000225. The van der Waals surface area contributed by atoms with Crippen molar-refractivity contribution in [1.29, 1.82) is 0 Å². The Hall–Kier alpha value is -1.07. The number of carbonyl (C=O) groups is 1. The summed E-state index contributed by atoms with van der Waals surface area (Å²) >= 11 is 0. The Morgan fingerprint density at radius 3 is 2.88 bits per heavy atom. The van der Waals surface area contributed by atoms with E-state index >= 15 is 0 Å². The van der Waals surface area contributed by atoms with Crippen LogP contribution in [0.3, 0.4) is 0 Å². The maximum absolute atomic E-state index is 11.4. The van der Waals surface area contributed by atoms with E-state index in [1.807, 2.05) is 13.8 Å². The fraction of sp³-hybridized carbons (Fsp3) is 0.600. The van der Waals surface area contributed by atoms with Gasteiger partial charge in [-0.3, -0.25) is 4.79 Å². The maximum atomic E-state index is 11.4. The van der Waals surface area contributed by atoms with Crippen LogP contribution in [-0.4, -0.2) is 17.1 Å². The number of rotatable bonds is 5. The molecule has 1 aromatic rings. The molecule has 1 atom stereocenters. The zero-order chi connectivity index (χ0) is 11.3. The van der Waals surface area contributed by atoms with Crippen LogP contribution in [0, 0.1) is 6.92 Å². The number of nitrogens with one attached hydrogen (secondary N) is 1. The van der Waals surface area contributed by atoms with Crippen molar-refractivity contribution >= 4 is 18.3 Å². The van der Waals surface area contributed by atoms with Gasteiger partial charge >= 0.3 is 0 Å². The Kier molecular flexibility index (Phi) is 6.76. The summed E-state index contributed by atoms with van der Waals surface area (Å²) in [5, 5.41) is 6.42. The summed E-state index contributed by atoms with van der Waals surface area (Å²) in [6.45, 7) is 4.17. The lowest BCUT2D eigenvalue weighted by atomic mass is 10.2. The zero-order valence-corrected chi connectivity index (χ0v) is 10.3. The molecule has 0 saturated heterocycles. The first-order valence-electron chi connectivity index (χ1n) is 5.09. The highest BCUT2D eigenvalue weighted by molar-refractivity contribution is 5.85. The smallest absolute Gasteiger partial charge is 0.237 e. The SMILES string of the molecule is CCCC(N)C(=O)NCc1cc(C)no1.Cl. The minimum atomic E-state index is -0.431. The van der Waals surface area contributed by atoms with E-state index in [4.69, 9.17) is 10.3 Å². The first-order chi connectivity index (χ1) is 7.13. The van der Waals surface area contributed by atoms with E-state index in [-0.39, 0.29) is 18.3 Å². The fourth-order valence-corrected chi connectivity index (χ4v) is 1.25. The molecule has 0 bridgehead atoms. The van der Waals surface area contributed by atoms with Crippen LogP contribution in [-0.2, 0) is 11.3 Å². The van der Waals surface area contributed by atoms with Crippen LogP contribution in [0.1, 0.15) is 31.2 Å². The summed E-state index contributed by atoms with van der Waals surface area (Å²) in [7, 11) is 0. The molecule has 16 heavy (non-hydrogen) atoms. The van der Waals surface area contributed by atoms with Gasteiger partial charge in [0.1, 0.15) is 0 Å². The Morgan fingerprint density at radius 2 is 2.38 bits per heavy atom. The van der Waals surface area contributed by atoms with Crippen molar-refractivity contribution in [1.82, 2.24) is 10.5 Å². The fourth-order valence-electron chi connectivity index (χ4n) is 1.25. The molecule has 0 aliphatic carbocycles. The summed E-state index contributed by atoms with van der Waals surface area (Å²) in [6, 6.07) is 1.35. The molecule has 92 valence electrons. The van der Waals surface area contributed by atoms with Crippen molar-refractivity contribution in [3.05, 3.63) is 17.5 Å². The van der Waals surface area contributed by atoms with Gasteiger partial charge in [-0.1, -0.05) is 18.5 Å². The Morgan fingerprint density at radius 1 is 1.69 bits per heavy atom. The molecule has 0 fully saturated rings. The third-order valence-electron chi connectivity index (χ3n) is 2.05. The Labute approximate surface area is 101 Å². The standard InChI is InChI=1S/C10H17N3O2.ClH/c1-3-4-9(11)10(14)12-6-8-5-7(2)13-15-8;/h5,9H,3-4,6,11H2,1-2H3,(H,12,14);1H. The van der Waals surface area contributed by atoms with E-state index in [1.54, 1.807) is 6.07 Å². The normalized spacial score (nSPS) is 11.7. The third kappa shape index (κ3) is 4.63. The number of aromatic nitrogens is 1. The first kappa shape index (κ1) is 14.9. The molecule has 0 saturated carbocycles. The highest BCUT2D eigenvalue weighted by Crippen LogP contribution is 2.01. The largest absolute Gasteiger partial charge is 0.359 e. The third-order valence-corrected chi connectivity index (χ3v) is 2.05. The summed E-state index contributed by atoms with van der Waals surface area (Å²) in [6.07, 6.45) is 1.59. The molecule has 1 rings (SSSR count). The molecule has 3 N–H and O–H groups in total. The second-order valence-corrected chi connectivity index (χ2v) is 3.55. The van der Waals surface area contributed by atoms with Gasteiger partial charge in [-0.2, -0.15) is 0 Å². The number of nitrogens with zero attached hydrogens (tertiary/aromatic N) is 1. The molecule has 0 radical (unpaired) electrons. The van der Waals surface area contributed by atoms with Crippen LogP contribution in [0.2, 0.25) is 0 Å². The minimum absolute atomic E-state index is 0. The van der Waals surface area contributed by atoms with Crippen molar-refractivity contribution in [2.45, 2.75) is 39.3 Å². The van der Waals surface area contributed by atoms with Gasteiger partial charge in [0.25, 0.3) is 0 Å². The van der Waals surface area contributed by atoms with E-state index in [1.165, 1.54) is 0 Å². The first-order valence-corrected chi connectivity index (χ1v) is 5.09. The van der Waals surface area contributed by atoms with Gasteiger partial charge in [-0.25, -0.2) is 0 Å². The van der Waals surface area contributed by atoms with Crippen LogP contribution in [0.4, 0.5) is 0 Å². The van der Waals surface area contributed by atoms with Gasteiger partial charge in [0.2, 0.25) is 5.91 Å². The number of hydrogen-bond acceptors (Lipinski definition) is 4. The Bertz CT molecular complexity index is 328. The molecule has 6 heteroatoms. The molecule has 5 nitrogen and oxygen atoms in total. The number of hydrogen-bond donors (Lipinski definition) is 2. The molecule has 0 spiro atoms. The topological polar surface area (TPSA) is 81.2 Å². The van der Waals surface area contributed by atoms with Gasteiger partial charge in [-0.05, 0) is 13.3 Å². The van der Waals surface area contributed by atoms with Gasteiger partial charge < -0.3 is 15.6 Å². The minimum Gasteiger partial charge on any atom is -0.359 e. The van der Waals surface area contributed by atoms with Crippen LogP contribution >= 0.6 is 12.4 Å². The van der Waals surface area contributed by atoms with Crippen molar-refractivity contribution in [3.8, 4) is 0 Å². The van der Waals surface area contributed by atoms with Crippen molar-refractivity contribution in [2.24, 2.45) is 5.73 Å². The van der Waals surface area contributed by atoms with Crippen LogP contribution in [0.5, 0.6) is 0 Å². The van der Waals surface area contributed by atoms with Gasteiger partial charge in [0, 0.05) is 6.07 Å². The highest BCUT2D eigenvalue weighted by atomic mass is 35.5. The molecule has 1 amide bonds. The highest BCUT2D eigenvalue weighted by Gasteiger charge is 2.12. The predicted molar refractivity (Wildman–Crippen MR) is 63.2 cm³/mol. The van der Waals surface area contributed by atoms with Crippen molar-refractivity contribution in [2.75, 3.05) is 0 Å². The monoisotopic (exact) mass is 247 g/mol. The summed E-state index contributed by atoms with van der Waals surface area (Å²) in [5.74, 6) is 0.496. The van der Waals surface area contributed by atoms with Gasteiger partial charge in [0.05, 0.1) is 18.3 Å². The number of aryl methyl sites for hydroxylation is 1. The predicted octanol–water partition coefficient (Wildman–Crippen LogP) is 1.15. The van der Waals surface area contributed by atoms with E-state index in [2.05, 4.69) is 10.5 Å². The molecule has 1 aromatic heterocycles. The molecular formula is C10H18ClN3O2. The van der Waals surface area contributed by atoms with Crippen molar-refractivity contribution < 1.29 is 9.32 Å². The summed E-state index contributed by atoms with van der Waals surface area (Å²) in [5.41, 5.74) is 6.44. The molecule has 0 aliphatic heterocycles. The number of amides is 1. The summed E-state index contributed by atoms with van der Waals surface area (Å²) in [4.78, 5) is 11.4. The lowest BCUT2D eigenvalue weighted by Gasteiger charge is -2.09. The molecule has 1 heterocycles. The molecule has 1 unspecified atom stereocenters. The average molecular weight is 248 g/mol. The van der Waals surface area contributed by atoms with E-state index in [0.29, 0.717) is 18.7 Å². The van der Waals surface area contributed by atoms with E-state index in [9.17, 15) is 4.79 Å². The van der Waals surface area contributed by atoms with E-state index < -0.39 is 6.04 Å².